The Morgan fingerprint density at radius 1 is 1.59 bits per heavy atom. The van der Waals surface area contributed by atoms with Gasteiger partial charge in [-0.25, -0.2) is 0 Å². The zero-order valence-corrected chi connectivity index (χ0v) is 10.4. The molecule has 1 rings (SSSR count). The van der Waals surface area contributed by atoms with Crippen molar-refractivity contribution in [2.75, 3.05) is 6.61 Å². The zero-order valence-electron chi connectivity index (χ0n) is 9.68. The monoisotopic (exact) mass is 255 g/mol. The highest BCUT2D eigenvalue weighted by molar-refractivity contribution is 6.30. The number of nitrogens with zero attached hydrogens (tertiary/aromatic N) is 1. The van der Waals surface area contributed by atoms with Gasteiger partial charge in [-0.2, -0.15) is 0 Å². The van der Waals surface area contributed by atoms with E-state index in [2.05, 4.69) is 0 Å². The molecule has 0 aliphatic rings. The van der Waals surface area contributed by atoms with Crippen LogP contribution < -0.4 is 0 Å². The van der Waals surface area contributed by atoms with Crippen molar-refractivity contribution in [1.82, 2.24) is 0 Å². The predicted molar refractivity (Wildman–Crippen MR) is 68.0 cm³/mol. The number of hydrogen-bond acceptors (Lipinski definition) is 3. The van der Waals surface area contributed by atoms with Crippen LogP contribution in [0.2, 0.25) is 5.02 Å². The highest BCUT2D eigenvalue weighted by Gasteiger charge is 2.13. The number of benzene rings is 1. The highest BCUT2D eigenvalue weighted by Crippen LogP contribution is 2.26. The van der Waals surface area contributed by atoms with E-state index < -0.39 is 4.92 Å². The Kier molecular flexibility index (Phi) is 4.66. The van der Waals surface area contributed by atoms with E-state index in [0.717, 1.165) is 5.57 Å². The summed E-state index contributed by atoms with van der Waals surface area (Å²) in [5.41, 5.74) is 1.14. The number of nitro groups is 1. The van der Waals surface area contributed by atoms with Crippen LogP contribution in [0.3, 0.4) is 0 Å². The molecule has 4 nitrogen and oxygen atoms in total. The largest absolute Gasteiger partial charge is 0.392 e. The Labute approximate surface area is 105 Å². The Bertz CT molecular complexity index is 455. The summed E-state index contributed by atoms with van der Waals surface area (Å²) in [5.74, 6) is 0.124. The van der Waals surface area contributed by atoms with Gasteiger partial charge in [0.25, 0.3) is 5.69 Å². The van der Waals surface area contributed by atoms with Crippen molar-refractivity contribution in [3.8, 4) is 0 Å². The van der Waals surface area contributed by atoms with E-state index in [1.807, 2.05) is 13.8 Å². The Morgan fingerprint density at radius 3 is 2.71 bits per heavy atom. The van der Waals surface area contributed by atoms with Gasteiger partial charge in [-0.3, -0.25) is 10.1 Å². The van der Waals surface area contributed by atoms with E-state index in [4.69, 9.17) is 11.6 Å². The second kappa shape index (κ2) is 5.80. The molecule has 0 aliphatic carbocycles. The van der Waals surface area contributed by atoms with Gasteiger partial charge in [0, 0.05) is 11.1 Å². The van der Waals surface area contributed by atoms with Crippen molar-refractivity contribution < 1.29 is 10.0 Å². The molecule has 0 saturated heterocycles. The Morgan fingerprint density at radius 2 is 2.24 bits per heavy atom. The van der Waals surface area contributed by atoms with Crippen LogP contribution >= 0.6 is 11.6 Å². The number of halogens is 1. The number of hydrogen-bond donors (Lipinski definition) is 1. The van der Waals surface area contributed by atoms with Crippen LogP contribution in [0, 0.1) is 16.0 Å². The lowest BCUT2D eigenvalue weighted by Gasteiger charge is -2.08. The maximum absolute atomic E-state index is 10.8. The fourth-order valence-corrected chi connectivity index (χ4v) is 1.58. The summed E-state index contributed by atoms with van der Waals surface area (Å²) in [6.45, 7) is 3.71. The van der Waals surface area contributed by atoms with Crippen molar-refractivity contribution in [3.05, 3.63) is 44.5 Å². The smallest absolute Gasteiger partial charge is 0.276 e. The number of rotatable bonds is 4. The quantitative estimate of drug-likeness (QED) is 0.663. The first kappa shape index (κ1) is 13.7. The Hall–Kier alpha value is -1.39. The molecule has 17 heavy (non-hydrogen) atoms. The number of aliphatic hydroxyl groups is 1. The molecule has 1 aromatic rings. The third-order valence-electron chi connectivity index (χ3n) is 2.45. The molecule has 0 saturated carbocycles. The minimum atomic E-state index is -0.461. The fraction of sp³-hybridized carbons (Fsp3) is 0.333. The van der Waals surface area contributed by atoms with Crippen molar-refractivity contribution in [1.29, 1.82) is 0 Å². The second-order valence-electron chi connectivity index (χ2n) is 3.99. The molecular formula is C12H14ClNO3. The third kappa shape index (κ3) is 3.54. The molecule has 0 aromatic heterocycles. The molecule has 0 unspecified atom stereocenters. The predicted octanol–water partition coefficient (Wildman–Crippen LogP) is 3.28. The van der Waals surface area contributed by atoms with Crippen molar-refractivity contribution in [3.63, 3.8) is 0 Å². The van der Waals surface area contributed by atoms with Gasteiger partial charge in [-0.15, -0.1) is 0 Å². The van der Waals surface area contributed by atoms with Crippen LogP contribution in [0.5, 0.6) is 0 Å². The first-order valence-electron chi connectivity index (χ1n) is 5.21. The first-order valence-corrected chi connectivity index (χ1v) is 5.58. The SMILES string of the molecule is CC(C)/C(=C/c1cc(Cl)ccc1[N+](=O)[O-])CO. The first-order chi connectivity index (χ1) is 7.95. The van der Waals surface area contributed by atoms with Gasteiger partial charge in [0.2, 0.25) is 0 Å². The van der Waals surface area contributed by atoms with Crippen LogP contribution in [0.1, 0.15) is 19.4 Å². The fourth-order valence-electron chi connectivity index (χ4n) is 1.40. The molecule has 92 valence electrons. The second-order valence-corrected chi connectivity index (χ2v) is 4.43. The molecular weight excluding hydrogens is 242 g/mol. The van der Waals surface area contributed by atoms with Crippen LogP contribution in [0.15, 0.2) is 23.8 Å². The lowest BCUT2D eigenvalue weighted by Crippen LogP contribution is -2.00. The summed E-state index contributed by atoms with van der Waals surface area (Å²) in [6.07, 6.45) is 1.62. The van der Waals surface area contributed by atoms with Gasteiger partial charge < -0.3 is 5.11 Å². The van der Waals surface area contributed by atoms with Gasteiger partial charge in [-0.05, 0) is 29.7 Å². The normalized spacial score (nSPS) is 11.9. The Balaban J connectivity index is 3.28. The average molecular weight is 256 g/mol. The van der Waals surface area contributed by atoms with Gasteiger partial charge in [0.1, 0.15) is 0 Å². The topological polar surface area (TPSA) is 63.4 Å². The van der Waals surface area contributed by atoms with Gasteiger partial charge in [0.05, 0.1) is 17.1 Å². The minimum absolute atomic E-state index is 0.0130. The lowest BCUT2D eigenvalue weighted by atomic mass is 10.0. The van der Waals surface area contributed by atoms with Crippen molar-refractivity contribution >= 4 is 23.4 Å². The maximum atomic E-state index is 10.8. The molecule has 0 spiro atoms. The summed E-state index contributed by atoms with van der Waals surface area (Å²) in [5, 5.41) is 20.5. The zero-order chi connectivity index (χ0) is 13.0. The molecule has 0 radical (unpaired) electrons. The lowest BCUT2D eigenvalue weighted by molar-refractivity contribution is -0.385. The van der Waals surface area contributed by atoms with Crippen LogP contribution in [0.4, 0.5) is 5.69 Å². The van der Waals surface area contributed by atoms with Crippen LogP contribution in [0.25, 0.3) is 6.08 Å². The van der Waals surface area contributed by atoms with E-state index >= 15 is 0 Å². The number of aliphatic hydroxyl groups excluding tert-OH is 1. The number of nitro benzene ring substituents is 1. The molecule has 0 bridgehead atoms. The van der Waals surface area contributed by atoms with E-state index in [9.17, 15) is 15.2 Å². The molecule has 0 atom stereocenters. The van der Waals surface area contributed by atoms with Crippen molar-refractivity contribution in [2.24, 2.45) is 5.92 Å². The van der Waals surface area contributed by atoms with E-state index in [0.29, 0.717) is 10.6 Å². The molecule has 1 N–H and O–H groups in total. The summed E-state index contributed by atoms with van der Waals surface area (Å²) < 4.78 is 0. The van der Waals surface area contributed by atoms with Gasteiger partial charge >= 0.3 is 0 Å². The van der Waals surface area contributed by atoms with Crippen molar-refractivity contribution in [2.45, 2.75) is 13.8 Å². The summed E-state index contributed by atoms with van der Waals surface area (Å²) >= 11 is 5.81. The third-order valence-corrected chi connectivity index (χ3v) is 2.69. The van der Waals surface area contributed by atoms with Crippen LogP contribution in [-0.4, -0.2) is 16.6 Å². The molecule has 0 heterocycles. The molecule has 0 amide bonds. The van der Waals surface area contributed by atoms with Gasteiger partial charge in [-0.1, -0.05) is 25.4 Å². The van der Waals surface area contributed by atoms with E-state index in [1.165, 1.54) is 18.2 Å². The van der Waals surface area contributed by atoms with E-state index in [-0.39, 0.29) is 18.2 Å². The maximum Gasteiger partial charge on any atom is 0.276 e. The van der Waals surface area contributed by atoms with Gasteiger partial charge in [0.15, 0.2) is 0 Å². The van der Waals surface area contributed by atoms with E-state index in [1.54, 1.807) is 6.08 Å². The standard InChI is InChI=1S/C12H14ClNO3/c1-8(2)10(7-15)5-9-6-11(13)3-4-12(9)14(16)17/h3-6,8,15H,7H2,1-2H3/b10-5+. The summed E-state index contributed by atoms with van der Waals surface area (Å²) in [7, 11) is 0. The molecule has 1 aromatic carbocycles. The molecule has 0 aliphatic heterocycles. The average Bonchev–Trinajstić information content (AvgIpc) is 2.25. The minimum Gasteiger partial charge on any atom is -0.392 e. The highest BCUT2D eigenvalue weighted by atomic mass is 35.5. The molecule has 0 fully saturated rings. The summed E-state index contributed by atoms with van der Waals surface area (Å²) in [4.78, 5) is 10.4. The summed E-state index contributed by atoms with van der Waals surface area (Å²) in [6, 6.07) is 4.37. The van der Waals surface area contributed by atoms with Crippen LogP contribution in [-0.2, 0) is 0 Å². The molecule has 5 heteroatoms.